The number of aromatic nitrogens is 2. The third-order valence-corrected chi connectivity index (χ3v) is 2.83. The van der Waals surface area contributed by atoms with Gasteiger partial charge in [-0.3, -0.25) is 9.69 Å². The van der Waals surface area contributed by atoms with Gasteiger partial charge in [0.1, 0.15) is 6.04 Å². The fourth-order valence-electron chi connectivity index (χ4n) is 1.78. The van der Waals surface area contributed by atoms with Gasteiger partial charge in [0.2, 0.25) is 0 Å². The molecule has 1 atom stereocenters. The van der Waals surface area contributed by atoms with E-state index in [9.17, 15) is 4.79 Å². The number of nitrogens with one attached hydrogen (secondary N) is 1. The summed E-state index contributed by atoms with van der Waals surface area (Å²) in [6, 6.07) is 2.97. The molecule has 17 heavy (non-hydrogen) atoms. The molecule has 0 saturated carbocycles. The Morgan fingerprint density at radius 1 is 1.59 bits per heavy atom. The number of aliphatic carboxylic acids is 1. The maximum atomic E-state index is 10.9. The normalized spacial score (nSPS) is 21.4. The SMILES string of the molecule is O=C(O)C1CN(Cc2ccc(Cl)nn2)CCN1. The van der Waals surface area contributed by atoms with Gasteiger partial charge in [0.15, 0.2) is 5.15 Å². The summed E-state index contributed by atoms with van der Waals surface area (Å²) >= 11 is 5.64. The quantitative estimate of drug-likeness (QED) is 0.792. The third kappa shape index (κ3) is 3.36. The van der Waals surface area contributed by atoms with Crippen LogP contribution in [0.2, 0.25) is 5.15 Å². The van der Waals surface area contributed by atoms with E-state index >= 15 is 0 Å². The lowest BCUT2D eigenvalue weighted by Gasteiger charge is -2.31. The van der Waals surface area contributed by atoms with Crippen LogP contribution in [0.5, 0.6) is 0 Å². The van der Waals surface area contributed by atoms with Crippen LogP contribution in [-0.4, -0.2) is 51.8 Å². The van der Waals surface area contributed by atoms with E-state index in [1.807, 2.05) is 4.90 Å². The molecule has 1 saturated heterocycles. The minimum Gasteiger partial charge on any atom is -0.480 e. The largest absolute Gasteiger partial charge is 0.480 e. The lowest BCUT2D eigenvalue weighted by atomic mass is 10.2. The summed E-state index contributed by atoms with van der Waals surface area (Å²) in [6.07, 6.45) is 0. The predicted molar refractivity (Wildman–Crippen MR) is 61.7 cm³/mol. The van der Waals surface area contributed by atoms with Gasteiger partial charge in [-0.25, -0.2) is 0 Å². The van der Waals surface area contributed by atoms with Crippen LogP contribution in [-0.2, 0) is 11.3 Å². The van der Waals surface area contributed by atoms with Crippen molar-refractivity contribution in [3.63, 3.8) is 0 Å². The number of nitrogens with zero attached hydrogens (tertiary/aromatic N) is 3. The summed E-state index contributed by atoms with van der Waals surface area (Å²) in [5, 5.41) is 19.9. The lowest BCUT2D eigenvalue weighted by Crippen LogP contribution is -2.53. The van der Waals surface area contributed by atoms with E-state index < -0.39 is 12.0 Å². The summed E-state index contributed by atoms with van der Waals surface area (Å²) in [4.78, 5) is 12.9. The first kappa shape index (κ1) is 12.2. The molecule has 0 radical (unpaired) electrons. The fourth-order valence-corrected chi connectivity index (χ4v) is 1.88. The highest BCUT2D eigenvalue weighted by atomic mass is 35.5. The maximum Gasteiger partial charge on any atom is 0.322 e. The van der Waals surface area contributed by atoms with Crippen molar-refractivity contribution >= 4 is 17.6 Å². The van der Waals surface area contributed by atoms with Crippen LogP contribution in [0.1, 0.15) is 5.69 Å². The summed E-state index contributed by atoms with van der Waals surface area (Å²) in [5.41, 5.74) is 0.792. The minimum absolute atomic E-state index is 0.359. The van der Waals surface area contributed by atoms with Crippen molar-refractivity contribution in [3.8, 4) is 0 Å². The molecule has 0 amide bonds. The predicted octanol–water partition coefficient (Wildman–Crippen LogP) is -0.0116. The van der Waals surface area contributed by atoms with Crippen LogP contribution < -0.4 is 5.32 Å². The van der Waals surface area contributed by atoms with Crippen molar-refractivity contribution in [2.75, 3.05) is 19.6 Å². The number of carboxylic acid groups (broad SMARTS) is 1. The molecule has 1 fully saturated rings. The van der Waals surface area contributed by atoms with Crippen LogP contribution in [0.3, 0.4) is 0 Å². The molecule has 6 nitrogen and oxygen atoms in total. The van der Waals surface area contributed by atoms with Gasteiger partial charge >= 0.3 is 5.97 Å². The van der Waals surface area contributed by atoms with Crippen molar-refractivity contribution in [3.05, 3.63) is 23.0 Å². The molecule has 1 aromatic heterocycles. The summed E-state index contributed by atoms with van der Waals surface area (Å²) in [7, 11) is 0. The standard InChI is InChI=1S/C10H13ClN4O2/c11-9-2-1-7(13-14-9)5-15-4-3-12-8(6-15)10(16)17/h1-2,8,12H,3-6H2,(H,16,17). The van der Waals surface area contributed by atoms with Crippen molar-refractivity contribution in [1.82, 2.24) is 20.4 Å². The molecular weight excluding hydrogens is 244 g/mol. The smallest absolute Gasteiger partial charge is 0.322 e. The molecule has 1 aliphatic heterocycles. The number of rotatable bonds is 3. The summed E-state index contributed by atoms with van der Waals surface area (Å²) in [6.45, 7) is 2.53. The molecule has 0 aromatic carbocycles. The second-order valence-corrected chi connectivity index (χ2v) is 4.31. The second-order valence-electron chi connectivity index (χ2n) is 3.93. The monoisotopic (exact) mass is 256 g/mol. The van der Waals surface area contributed by atoms with Crippen LogP contribution >= 0.6 is 11.6 Å². The van der Waals surface area contributed by atoms with E-state index in [0.717, 1.165) is 12.2 Å². The molecule has 0 bridgehead atoms. The van der Waals surface area contributed by atoms with Crippen LogP contribution in [0.15, 0.2) is 12.1 Å². The third-order valence-electron chi connectivity index (χ3n) is 2.63. The molecule has 2 rings (SSSR count). The molecule has 1 unspecified atom stereocenters. The summed E-state index contributed by atoms with van der Waals surface area (Å²) < 4.78 is 0. The van der Waals surface area contributed by atoms with E-state index in [2.05, 4.69) is 15.5 Å². The minimum atomic E-state index is -0.822. The van der Waals surface area contributed by atoms with Gasteiger partial charge in [0, 0.05) is 26.2 Å². The molecule has 1 aliphatic rings. The number of piperazine rings is 1. The zero-order valence-electron chi connectivity index (χ0n) is 9.14. The van der Waals surface area contributed by atoms with Gasteiger partial charge in [-0.2, -0.15) is 5.10 Å². The average Bonchev–Trinajstić information content (AvgIpc) is 2.32. The highest BCUT2D eigenvalue weighted by Crippen LogP contribution is 2.07. The highest BCUT2D eigenvalue weighted by molar-refractivity contribution is 6.29. The molecular formula is C10H13ClN4O2. The van der Waals surface area contributed by atoms with Crippen molar-refractivity contribution < 1.29 is 9.90 Å². The Labute approximate surface area is 104 Å². The molecule has 2 heterocycles. The molecule has 92 valence electrons. The van der Waals surface area contributed by atoms with E-state index in [1.54, 1.807) is 12.1 Å². The second kappa shape index (κ2) is 5.39. The van der Waals surface area contributed by atoms with Gasteiger partial charge in [-0.15, -0.1) is 5.10 Å². The fraction of sp³-hybridized carbons (Fsp3) is 0.500. The van der Waals surface area contributed by atoms with Gasteiger partial charge in [0.25, 0.3) is 0 Å². The van der Waals surface area contributed by atoms with Crippen molar-refractivity contribution in [1.29, 1.82) is 0 Å². The zero-order valence-corrected chi connectivity index (χ0v) is 9.89. The van der Waals surface area contributed by atoms with Crippen LogP contribution in [0.4, 0.5) is 0 Å². The lowest BCUT2D eigenvalue weighted by molar-refractivity contribution is -0.140. The van der Waals surface area contributed by atoms with E-state index in [4.69, 9.17) is 16.7 Å². The van der Waals surface area contributed by atoms with Gasteiger partial charge in [-0.05, 0) is 12.1 Å². The Bertz CT molecular complexity index is 398. The van der Waals surface area contributed by atoms with Crippen molar-refractivity contribution in [2.24, 2.45) is 0 Å². The number of hydrogen-bond donors (Lipinski definition) is 2. The number of hydrogen-bond acceptors (Lipinski definition) is 5. The number of carboxylic acids is 1. The Hall–Kier alpha value is -1.24. The van der Waals surface area contributed by atoms with Gasteiger partial charge < -0.3 is 10.4 Å². The van der Waals surface area contributed by atoms with Gasteiger partial charge in [-0.1, -0.05) is 11.6 Å². The molecule has 0 spiro atoms. The molecule has 0 aliphatic carbocycles. The van der Waals surface area contributed by atoms with E-state index in [0.29, 0.717) is 24.8 Å². The number of halogens is 1. The molecule has 1 aromatic rings. The first-order valence-electron chi connectivity index (χ1n) is 5.32. The molecule has 7 heteroatoms. The van der Waals surface area contributed by atoms with Crippen LogP contribution in [0, 0.1) is 0 Å². The highest BCUT2D eigenvalue weighted by Gasteiger charge is 2.24. The Morgan fingerprint density at radius 2 is 2.41 bits per heavy atom. The maximum absolute atomic E-state index is 10.9. The average molecular weight is 257 g/mol. The first-order valence-corrected chi connectivity index (χ1v) is 5.69. The zero-order chi connectivity index (χ0) is 12.3. The molecule has 2 N–H and O–H groups in total. The number of carbonyl (C=O) groups is 1. The van der Waals surface area contributed by atoms with Gasteiger partial charge in [0.05, 0.1) is 5.69 Å². The first-order chi connectivity index (χ1) is 8.15. The van der Waals surface area contributed by atoms with E-state index in [-0.39, 0.29) is 0 Å². The Kier molecular flexibility index (Phi) is 3.88. The Morgan fingerprint density at radius 3 is 3.06 bits per heavy atom. The Balaban J connectivity index is 1.94. The van der Waals surface area contributed by atoms with Crippen molar-refractivity contribution in [2.45, 2.75) is 12.6 Å². The van der Waals surface area contributed by atoms with Crippen LogP contribution in [0.25, 0.3) is 0 Å². The topological polar surface area (TPSA) is 78.3 Å². The van der Waals surface area contributed by atoms with E-state index in [1.165, 1.54) is 0 Å². The summed E-state index contributed by atoms with van der Waals surface area (Å²) in [5.74, 6) is -0.822.